The van der Waals surface area contributed by atoms with Gasteiger partial charge in [-0.3, -0.25) is 19.7 Å². The Morgan fingerprint density at radius 2 is 2.10 bits per heavy atom. The summed E-state index contributed by atoms with van der Waals surface area (Å²) in [4.78, 5) is 41.9. The highest BCUT2D eigenvalue weighted by Crippen LogP contribution is 2.23. The van der Waals surface area contributed by atoms with Gasteiger partial charge in [-0.15, -0.1) is 0 Å². The molecule has 2 amide bonds. The van der Waals surface area contributed by atoms with Crippen LogP contribution in [0.25, 0.3) is 10.9 Å². The van der Waals surface area contributed by atoms with Crippen molar-refractivity contribution in [1.82, 2.24) is 14.5 Å². The second kappa shape index (κ2) is 8.84. The number of nitro benzene ring substituents is 1. The number of hydrogen-bond donors (Lipinski definition) is 1. The summed E-state index contributed by atoms with van der Waals surface area (Å²) in [6.07, 6.45) is 4.82. The second-order valence-electron chi connectivity index (χ2n) is 7.47. The minimum atomic E-state index is -0.440. The van der Waals surface area contributed by atoms with E-state index in [4.69, 9.17) is 0 Å². The van der Waals surface area contributed by atoms with Crippen molar-refractivity contribution in [2.45, 2.75) is 19.4 Å². The van der Waals surface area contributed by atoms with E-state index in [2.05, 4.69) is 26.2 Å². The van der Waals surface area contributed by atoms with Gasteiger partial charge >= 0.3 is 0 Å². The lowest BCUT2D eigenvalue weighted by molar-refractivity contribution is -0.384. The largest absolute Gasteiger partial charge is 0.340 e. The number of amides is 2. The molecule has 10 heteroatoms. The van der Waals surface area contributed by atoms with E-state index in [-0.39, 0.29) is 30.0 Å². The fraction of sp³-hybridized carbons (Fsp3) is 0.286. The topological polar surface area (TPSA) is 110 Å². The standard InChI is InChI=1S/C21H20BrN5O4/c22-16-3-6-19(23-11-16)24-21(29)15-2-1-8-26(12-15)20(28)13-25-9-7-14-10-17(27(30)31)4-5-18(14)25/h3-7,9-11,15H,1-2,8,12-13H2,(H,23,24,29). The van der Waals surface area contributed by atoms with Crippen LogP contribution in [0.2, 0.25) is 0 Å². The van der Waals surface area contributed by atoms with Crippen molar-refractivity contribution in [1.29, 1.82) is 0 Å². The summed E-state index contributed by atoms with van der Waals surface area (Å²) in [6.45, 7) is 1.07. The smallest absolute Gasteiger partial charge is 0.270 e. The number of rotatable bonds is 5. The van der Waals surface area contributed by atoms with E-state index in [9.17, 15) is 19.7 Å². The van der Waals surface area contributed by atoms with Crippen LogP contribution >= 0.6 is 15.9 Å². The van der Waals surface area contributed by atoms with Gasteiger partial charge in [-0.2, -0.15) is 0 Å². The average Bonchev–Trinajstić information content (AvgIpc) is 3.17. The van der Waals surface area contributed by atoms with Crippen LogP contribution in [0.5, 0.6) is 0 Å². The molecule has 0 radical (unpaired) electrons. The molecule has 1 N–H and O–H groups in total. The Balaban J connectivity index is 1.40. The fourth-order valence-electron chi connectivity index (χ4n) is 3.78. The number of fused-ring (bicyclic) bond motifs is 1. The van der Waals surface area contributed by atoms with Gasteiger partial charge in [0, 0.05) is 53.0 Å². The van der Waals surface area contributed by atoms with Gasteiger partial charge in [0.15, 0.2) is 0 Å². The van der Waals surface area contributed by atoms with Gasteiger partial charge < -0.3 is 14.8 Å². The maximum absolute atomic E-state index is 12.9. The molecule has 0 bridgehead atoms. The van der Waals surface area contributed by atoms with Gasteiger partial charge in [-0.25, -0.2) is 4.98 Å². The van der Waals surface area contributed by atoms with Gasteiger partial charge in [-0.05, 0) is 53.0 Å². The Hall–Kier alpha value is -3.27. The van der Waals surface area contributed by atoms with Crippen molar-refractivity contribution in [3.05, 3.63) is 63.4 Å². The molecule has 1 fully saturated rings. The third-order valence-corrected chi connectivity index (χ3v) is 5.86. The molecule has 1 unspecified atom stereocenters. The van der Waals surface area contributed by atoms with Crippen LogP contribution in [-0.4, -0.2) is 44.3 Å². The van der Waals surface area contributed by atoms with E-state index in [0.717, 1.165) is 16.4 Å². The van der Waals surface area contributed by atoms with E-state index in [0.29, 0.717) is 30.7 Å². The number of hydrogen-bond acceptors (Lipinski definition) is 5. The fourth-order valence-corrected chi connectivity index (χ4v) is 4.01. The predicted octanol–water partition coefficient (Wildman–Crippen LogP) is 3.58. The number of non-ortho nitro benzene ring substituents is 1. The second-order valence-corrected chi connectivity index (χ2v) is 8.39. The number of carbonyl (C=O) groups is 2. The first-order valence-corrected chi connectivity index (χ1v) is 10.6. The number of carbonyl (C=O) groups excluding carboxylic acids is 2. The first-order chi connectivity index (χ1) is 14.9. The maximum atomic E-state index is 12.9. The molecule has 1 atom stereocenters. The molecule has 3 aromatic rings. The minimum Gasteiger partial charge on any atom is -0.340 e. The normalized spacial score (nSPS) is 16.3. The number of anilines is 1. The van der Waals surface area contributed by atoms with Crippen LogP contribution in [0.1, 0.15) is 12.8 Å². The van der Waals surface area contributed by atoms with E-state index in [1.54, 1.807) is 46.1 Å². The number of halogens is 1. The van der Waals surface area contributed by atoms with Crippen molar-refractivity contribution >= 4 is 50.2 Å². The molecule has 3 heterocycles. The molecule has 160 valence electrons. The molecule has 4 rings (SSSR count). The molecule has 1 saturated heterocycles. The number of benzene rings is 1. The lowest BCUT2D eigenvalue weighted by Gasteiger charge is -2.32. The number of pyridine rings is 1. The molecule has 1 aliphatic rings. The third-order valence-electron chi connectivity index (χ3n) is 5.39. The first kappa shape index (κ1) is 21.0. The first-order valence-electron chi connectivity index (χ1n) is 9.84. The summed E-state index contributed by atoms with van der Waals surface area (Å²) in [7, 11) is 0. The number of piperidine rings is 1. The number of likely N-dealkylation sites (tertiary alicyclic amines) is 1. The van der Waals surface area contributed by atoms with Gasteiger partial charge in [0.1, 0.15) is 12.4 Å². The molecular formula is C21H20BrN5O4. The van der Waals surface area contributed by atoms with Crippen molar-refractivity contribution in [3.63, 3.8) is 0 Å². The molecule has 0 spiro atoms. The number of nitrogens with one attached hydrogen (secondary N) is 1. The zero-order valence-corrected chi connectivity index (χ0v) is 18.1. The lowest BCUT2D eigenvalue weighted by Crippen LogP contribution is -2.44. The average molecular weight is 486 g/mol. The summed E-state index contributed by atoms with van der Waals surface area (Å²) < 4.78 is 2.60. The van der Waals surface area contributed by atoms with Crippen LogP contribution in [0.3, 0.4) is 0 Å². The Kier molecular flexibility index (Phi) is 5.99. The molecule has 31 heavy (non-hydrogen) atoms. The van der Waals surface area contributed by atoms with Crippen LogP contribution in [0.4, 0.5) is 11.5 Å². The van der Waals surface area contributed by atoms with Crippen molar-refractivity contribution in [2.24, 2.45) is 5.92 Å². The number of nitrogens with zero attached hydrogens (tertiary/aromatic N) is 4. The van der Waals surface area contributed by atoms with Gasteiger partial charge in [0.2, 0.25) is 11.8 Å². The quantitative estimate of drug-likeness (QED) is 0.438. The van der Waals surface area contributed by atoms with Crippen LogP contribution < -0.4 is 5.32 Å². The van der Waals surface area contributed by atoms with E-state index < -0.39 is 4.92 Å². The van der Waals surface area contributed by atoms with E-state index in [1.807, 2.05) is 0 Å². The van der Waals surface area contributed by atoms with Crippen LogP contribution in [-0.2, 0) is 16.1 Å². The van der Waals surface area contributed by atoms with E-state index in [1.165, 1.54) is 12.1 Å². The highest BCUT2D eigenvalue weighted by atomic mass is 79.9. The Bertz CT molecular complexity index is 1140. The van der Waals surface area contributed by atoms with Crippen LogP contribution in [0.15, 0.2) is 53.3 Å². The molecule has 2 aromatic heterocycles. The predicted molar refractivity (Wildman–Crippen MR) is 118 cm³/mol. The van der Waals surface area contributed by atoms with Gasteiger partial charge in [-0.1, -0.05) is 0 Å². The molecule has 9 nitrogen and oxygen atoms in total. The number of nitro groups is 1. The Morgan fingerprint density at radius 3 is 2.84 bits per heavy atom. The van der Waals surface area contributed by atoms with Gasteiger partial charge in [0.25, 0.3) is 5.69 Å². The van der Waals surface area contributed by atoms with Crippen molar-refractivity contribution in [2.75, 3.05) is 18.4 Å². The summed E-state index contributed by atoms with van der Waals surface area (Å²) >= 11 is 3.31. The molecule has 1 aromatic carbocycles. The van der Waals surface area contributed by atoms with Crippen molar-refractivity contribution in [3.8, 4) is 0 Å². The Morgan fingerprint density at radius 1 is 1.26 bits per heavy atom. The summed E-state index contributed by atoms with van der Waals surface area (Å²) in [5.41, 5.74) is 0.772. The number of aromatic nitrogens is 2. The highest BCUT2D eigenvalue weighted by molar-refractivity contribution is 9.10. The molecule has 0 saturated carbocycles. The molecule has 1 aliphatic heterocycles. The SMILES string of the molecule is O=C(Nc1ccc(Br)cn1)C1CCCN(C(=O)Cn2ccc3cc([N+](=O)[O-])ccc32)C1. The summed E-state index contributed by atoms with van der Waals surface area (Å²) in [5.74, 6) is -0.0575. The Labute approximate surface area is 186 Å². The van der Waals surface area contributed by atoms with Crippen molar-refractivity contribution < 1.29 is 14.5 Å². The van der Waals surface area contributed by atoms with Gasteiger partial charge in [0.05, 0.1) is 10.8 Å². The molecule has 0 aliphatic carbocycles. The lowest BCUT2D eigenvalue weighted by atomic mass is 9.97. The minimum absolute atomic E-state index is 0.0155. The maximum Gasteiger partial charge on any atom is 0.270 e. The molecular weight excluding hydrogens is 466 g/mol. The highest BCUT2D eigenvalue weighted by Gasteiger charge is 2.29. The van der Waals surface area contributed by atoms with E-state index >= 15 is 0 Å². The summed E-state index contributed by atoms with van der Waals surface area (Å²) in [6, 6.07) is 9.85. The van der Waals surface area contributed by atoms with Crippen LogP contribution in [0, 0.1) is 16.0 Å². The zero-order valence-electron chi connectivity index (χ0n) is 16.5. The third kappa shape index (κ3) is 4.74. The zero-order chi connectivity index (χ0) is 22.0. The monoisotopic (exact) mass is 485 g/mol. The summed E-state index contributed by atoms with van der Waals surface area (Å²) in [5, 5.41) is 14.5.